The molecule has 0 aliphatic heterocycles. The fourth-order valence-corrected chi connectivity index (χ4v) is 1.51. The summed E-state index contributed by atoms with van der Waals surface area (Å²) in [7, 11) is 0. The van der Waals surface area contributed by atoms with Gasteiger partial charge in [0.1, 0.15) is 0 Å². The Hall–Kier alpha value is -0.0800. The second kappa shape index (κ2) is 4.69. The minimum Gasteiger partial charge on any atom is -0.380 e. The number of rotatable bonds is 4. The Bertz CT molecular complexity index is 79.3. The molecule has 2 nitrogen and oxygen atoms in total. The van der Waals surface area contributed by atoms with Gasteiger partial charge < -0.3 is 10.5 Å². The Morgan fingerprint density at radius 2 is 2.00 bits per heavy atom. The third kappa shape index (κ3) is 2.67. The van der Waals surface area contributed by atoms with E-state index in [4.69, 9.17) is 10.5 Å². The zero-order valence-corrected chi connectivity index (χ0v) is 6.51. The van der Waals surface area contributed by atoms with Gasteiger partial charge in [0.25, 0.3) is 0 Å². The van der Waals surface area contributed by atoms with Crippen LogP contribution in [0.4, 0.5) is 0 Å². The summed E-state index contributed by atoms with van der Waals surface area (Å²) >= 11 is 0. The molecule has 1 saturated carbocycles. The first-order valence-electron chi connectivity index (χ1n) is 4.21. The summed E-state index contributed by atoms with van der Waals surface area (Å²) in [5.41, 5.74) is 5.29. The molecule has 0 radical (unpaired) electrons. The van der Waals surface area contributed by atoms with Gasteiger partial charge in [-0.15, -0.1) is 0 Å². The van der Waals surface area contributed by atoms with Crippen molar-refractivity contribution in [1.29, 1.82) is 0 Å². The third-order valence-corrected chi connectivity index (χ3v) is 2.09. The van der Waals surface area contributed by atoms with E-state index in [0.717, 1.165) is 19.1 Å². The molecule has 0 aromatic rings. The van der Waals surface area contributed by atoms with Crippen LogP contribution in [0.3, 0.4) is 0 Å². The monoisotopic (exact) mass is 143 g/mol. The lowest BCUT2D eigenvalue weighted by Crippen LogP contribution is -2.12. The molecule has 2 N–H and O–H groups in total. The second-order valence-electron chi connectivity index (χ2n) is 3.01. The van der Waals surface area contributed by atoms with E-state index in [1.165, 1.54) is 25.7 Å². The van der Waals surface area contributed by atoms with E-state index in [1.807, 2.05) is 0 Å². The Balaban J connectivity index is 1.91. The van der Waals surface area contributed by atoms with Gasteiger partial charge >= 0.3 is 0 Å². The summed E-state index contributed by atoms with van der Waals surface area (Å²) in [5.74, 6) is 0.839. The van der Waals surface area contributed by atoms with Crippen LogP contribution in [-0.2, 0) is 4.74 Å². The van der Waals surface area contributed by atoms with E-state index >= 15 is 0 Å². The highest BCUT2D eigenvalue weighted by Crippen LogP contribution is 2.24. The minimum absolute atomic E-state index is 0.659. The molecule has 0 aromatic heterocycles. The van der Waals surface area contributed by atoms with Crippen LogP contribution in [-0.4, -0.2) is 19.8 Å². The molecule has 0 saturated heterocycles. The maximum Gasteiger partial charge on any atom is 0.0588 e. The Kier molecular flexibility index (Phi) is 3.76. The van der Waals surface area contributed by atoms with Gasteiger partial charge in [0, 0.05) is 13.2 Å². The quantitative estimate of drug-likeness (QED) is 0.599. The van der Waals surface area contributed by atoms with Gasteiger partial charge in [-0.1, -0.05) is 12.8 Å². The van der Waals surface area contributed by atoms with Crippen molar-refractivity contribution >= 4 is 0 Å². The molecule has 2 heteroatoms. The van der Waals surface area contributed by atoms with Crippen molar-refractivity contribution in [3.63, 3.8) is 0 Å². The zero-order valence-electron chi connectivity index (χ0n) is 6.51. The van der Waals surface area contributed by atoms with Crippen molar-refractivity contribution in [2.45, 2.75) is 25.7 Å². The molecule has 1 aliphatic rings. The normalized spacial score (nSPS) is 20.1. The molecule has 1 aliphatic carbocycles. The van der Waals surface area contributed by atoms with Gasteiger partial charge in [0.05, 0.1) is 6.61 Å². The average Bonchev–Trinajstić information content (AvgIpc) is 2.41. The molecule has 0 spiro atoms. The summed E-state index contributed by atoms with van der Waals surface area (Å²) in [4.78, 5) is 0. The van der Waals surface area contributed by atoms with E-state index in [2.05, 4.69) is 0 Å². The summed E-state index contributed by atoms with van der Waals surface area (Å²) in [6, 6.07) is 0. The van der Waals surface area contributed by atoms with Crippen LogP contribution >= 0.6 is 0 Å². The van der Waals surface area contributed by atoms with Crippen molar-refractivity contribution in [1.82, 2.24) is 0 Å². The number of nitrogens with two attached hydrogens (primary N) is 1. The Morgan fingerprint density at radius 1 is 1.30 bits per heavy atom. The van der Waals surface area contributed by atoms with Gasteiger partial charge in [-0.05, 0) is 18.8 Å². The number of hydrogen-bond donors (Lipinski definition) is 1. The van der Waals surface area contributed by atoms with Crippen LogP contribution < -0.4 is 5.73 Å². The highest BCUT2D eigenvalue weighted by atomic mass is 16.5. The van der Waals surface area contributed by atoms with Crippen molar-refractivity contribution < 1.29 is 4.74 Å². The first kappa shape index (κ1) is 8.02. The van der Waals surface area contributed by atoms with E-state index in [-0.39, 0.29) is 0 Å². The van der Waals surface area contributed by atoms with Crippen LogP contribution in [0.15, 0.2) is 0 Å². The molecule has 0 bridgehead atoms. The van der Waals surface area contributed by atoms with Crippen LogP contribution in [0.25, 0.3) is 0 Å². The van der Waals surface area contributed by atoms with Crippen LogP contribution in [0.5, 0.6) is 0 Å². The molecule has 0 amide bonds. The Labute approximate surface area is 62.7 Å². The SMILES string of the molecule is NCCOCC1CCCC1. The molecule has 0 heterocycles. The molecular formula is C8H17NO. The first-order valence-corrected chi connectivity index (χ1v) is 4.21. The maximum absolute atomic E-state index is 5.34. The third-order valence-electron chi connectivity index (χ3n) is 2.09. The van der Waals surface area contributed by atoms with Crippen LogP contribution in [0, 0.1) is 5.92 Å². The van der Waals surface area contributed by atoms with Crippen molar-refractivity contribution in [3.05, 3.63) is 0 Å². The van der Waals surface area contributed by atoms with Gasteiger partial charge in [-0.2, -0.15) is 0 Å². The fourth-order valence-electron chi connectivity index (χ4n) is 1.51. The highest BCUT2D eigenvalue weighted by Gasteiger charge is 2.14. The van der Waals surface area contributed by atoms with Gasteiger partial charge in [-0.3, -0.25) is 0 Å². The summed E-state index contributed by atoms with van der Waals surface area (Å²) < 4.78 is 5.34. The minimum atomic E-state index is 0.659. The van der Waals surface area contributed by atoms with Gasteiger partial charge in [0.15, 0.2) is 0 Å². The van der Waals surface area contributed by atoms with Gasteiger partial charge in [-0.25, -0.2) is 0 Å². The van der Waals surface area contributed by atoms with E-state index in [9.17, 15) is 0 Å². The lowest BCUT2D eigenvalue weighted by molar-refractivity contribution is 0.107. The van der Waals surface area contributed by atoms with Crippen molar-refractivity contribution in [3.8, 4) is 0 Å². The predicted octanol–water partition coefficient (Wildman–Crippen LogP) is 1.15. The van der Waals surface area contributed by atoms with E-state index < -0.39 is 0 Å². The number of ether oxygens (including phenoxy) is 1. The summed E-state index contributed by atoms with van der Waals surface area (Å²) in [6.07, 6.45) is 5.53. The molecular weight excluding hydrogens is 126 g/mol. The summed E-state index contributed by atoms with van der Waals surface area (Å²) in [5, 5.41) is 0. The average molecular weight is 143 g/mol. The van der Waals surface area contributed by atoms with E-state index in [0.29, 0.717) is 6.54 Å². The van der Waals surface area contributed by atoms with Crippen molar-refractivity contribution in [2.24, 2.45) is 11.7 Å². The fraction of sp³-hybridized carbons (Fsp3) is 1.00. The molecule has 0 aromatic carbocycles. The molecule has 0 unspecified atom stereocenters. The predicted molar refractivity (Wildman–Crippen MR) is 41.8 cm³/mol. The lowest BCUT2D eigenvalue weighted by atomic mass is 10.1. The maximum atomic E-state index is 5.34. The molecule has 1 rings (SSSR count). The molecule has 60 valence electrons. The smallest absolute Gasteiger partial charge is 0.0588 e. The van der Waals surface area contributed by atoms with E-state index in [1.54, 1.807) is 0 Å². The van der Waals surface area contributed by atoms with Gasteiger partial charge in [0.2, 0.25) is 0 Å². The lowest BCUT2D eigenvalue weighted by Gasteiger charge is -2.07. The second-order valence-corrected chi connectivity index (χ2v) is 3.01. The highest BCUT2D eigenvalue weighted by molar-refractivity contribution is 4.66. The number of hydrogen-bond acceptors (Lipinski definition) is 2. The molecule has 10 heavy (non-hydrogen) atoms. The standard InChI is InChI=1S/C8H17NO/c9-5-6-10-7-8-3-1-2-4-8/h8H,1-7,9H2. The van der Waals surface area contributed by atoms with Crippen LogP contribution in [0.2, 0.25) is 0 Å². The first-order chi connectivity index (χ1) is 4.93. The van der Waals surface area contributed by atoms with Crippen molar-refractivity contribution in [2.75, 3.05) is 19.8 Å². The zero-order chi connectivity index (χ0) is 7.23. The van der Waals surface area contributed by atoms with Crippen LogP contribution in [0.1, 0.15) is 25.7 Å². The molecule has 1 fully saturated rings. The Morgan fingerprint density at radius 3 is 2.60 bits per heavy atom. The molecule has 0 atom stereocenters. The largest absolute Gasteiger partial charge is 0.380 e. The topological polar surface area (TPSA) is 35.2 Å². The summed E-state index contributed by atoms with van der Waals surface area (Å²) in [6.45, 7) is 2.33.